The third kappa shape index (κ3) is 3.63. The molecule has 2 aromatic carbocycles. The van der Waals surface area contributed by atoms with Gasteiger partial charge in [0, 0.05) is 8.95 Å². The third-order valence-corrected chi connectivity index (χ3v) is 4.96. The van der Waals surface area contributed by atoms with Gasteiger partial charge in [0.1, 0.15) is 11.5 Å². The van der Waals surface area contributed by atoms with Gasteiger partial charge in [0.25, 0.3) is 0 Å². The number of hydrogen-bond acceptors (Lipinski definition) is 4. The molecule has 118 valence electrons. The van der Waals surface area contributed by atoms with E-state index in [2.05, 4.69) is 31.9 Å². The lowest BCUT2D eigenvalue weighted by molar-refractivity contribution is 0.411. The van der Waals surface area contributed by atoms with Crippen molar-refractivity contribution in [1.82, 2.24) is 0 Å². The van der Waals surface area contributed by atoms with Crippen molar-refractivity contribution in [3.05, 3.63) is 56.5 Å². The van der Waals surface area contributed by atoms with E-state index < -0.39 is 12.1 Å². The topological polar surface area (TPSA) is 70.5 Å². The Morgan fingerprint density at radius 1 is 0.773 bits per heavy atom. The summed E-state index contributed by atoms with van der Waals surface area (Å²) in [4.78, 5) is 0. The zero-order valence-electron chi connectivity index (χ0n) is 12.3. The molecule has 0 aromatic heterocycles. The summed E-state index contributed by atoms with van der Waals surface area (Å²) in [6, 6.07) is 10.5. The van der Waals surface area contributed by atoms with Crippen molar-refractivity contribution in [3.8, 4) is 11.5 Å². The van der Waals surface area contributed by atoms with E-state index in [4.69, 9.17) is 20.9 Å². The van der Waals surface area contributed by atoms with E-state index >= 15 is 0 Å². The highest BCUT2D eigenvalue weighted by atomic mass is 79.9. The Morgan fingerprint density at radius 3 is 1.45 bits per heavy atom. The van der Waals surface area contributed by atoms with Gasteiger partial charge >= 0.3 is 0 Å². The smallest absolute Gasteiger partial charge is 0.119 e. The largest absolute Gasteiger partial charge is 0.497 e. The molecule has 2 rings (SSSR count). The summed E-state index contributed by atoms with van der Waals surface area (Å²) in [6.45, 7) is 0. The molecule has 0 aliphatic carbocycles. The maximum absolute atomic E-state index is 6.38. The van der Waals surface area contributed by atoms with Gasteiger partial charge in [0.15, 0.2) is 0 Å². The molecule has 0 heterocycles. The second kappa shape index (κ2) is 7.46. The lowest BCUT2D eigenvalue weighted by Crippen LogP contribution is -2.27. The van der Waals surface area contributed by atoms with Crippen LogP contribution >= 0.6 is 31.9 Å². The summed E-state index contributed by atoms with van der Waals surface area (Å²) in [5, 5.41) is 0. The van der Waals surface area contributed by atoms with Crippen LogP contribution in [0.2, 0.25) is 0 Å². The Morgan fingerprint density at radius 2 is 1.14 bits per heavy atom. The van der Waals surface area contributed by atoms with E-state index in [1.165, 1.54) is 0 Å². The molecule has 0 amide bonds. The van der Waals surface area contributed by atoms with Crippen LogP contribution in [0.5, 0.6) is 11.5 Å². The fraction of sp³-hybridized carbons (Fsp3) is 0.250. The van der Waals surface area contributed by atoms with Gasteiger partial charge in [-0.2, -0.15) is 0 Å². The quantitative estimate of drug-likeness (QED) is 0.755. The first kappa shape index (κ1) is 17.3. The molecule has 0 radical (unpaired) electrons. The molecule has 0 saturated heterocycles. The van der Waals surface area contributed by atoms with E-state index in [1.807, 2.05) is 36.4 Å². The fourth-order valence-electron chi connectivity index (χ4n) is 2.20. The number of benzene rings is 2. The van der Waals surface area contributed by atoms with Crippen molar-refractivity contribution in [1.29, 1.82) is 0 Å². The summed E-state index contributed by atoms with van der Waals surface area (Å²) in [7, 11) is 3.24. The van der Waals surface area contributed by atoms with Crippen LogP contribution in [0, 0.1) is 0 Å². The molecule has 0 fully saturated rings. The third-order valence-electron chi connectivity index (χ3n) is 3.51. The zero-order chi connectivity index (χ0) is 16.3. The molecule has 0 aliphatic heterocycles. The maximum atomic E-state index is 6.38. The van der Waals surface area contributed by atoms with Gasteiger partial charge in [-0.05, 0) is 47.5 Å². The number of rotatable bonds is 5. The summed E-state index contributed by atoms with van der Waals surface area (Å²) in [5.41, 5.74) is 14.5. The highest BCUT2D eigenvalue weighted by Crippen LogP contribution is 2.36. The van der Waals surface area contributed by atoms with Gasteiger partial charge < -0.3 is 20.9 Å². The molecular formula is C16H18Br2N2O2. The summed E-state index contributed by atoms with van der Waals surface area (Å²) in [5.74, 6) is 1.48. The standard InChI is InChI=1S/C16H18Br2N2O2/c1-21-9-3-5-13(17)11(7-9)15(19)16(20)12-8-10(22-2)4-6-14(12)18/h3-8,15-16H,19-20H2,1-2H3. The summed E-state index contributed by atoms with van der Waals surface area (Å²) >= 11 is 7.04. The predicted octanol–water partition coefficient (Wildman–Crippen LogP) is 3.93. The monoisotopic (exact) mass is 428 g/mol. The average molecular weight is 430 g/mol. The zero-order valence-corrected chi connectivity index (χ0v) is 15.5. The van der Waals surface area contributed by atoms with Crippen LogP contribution in [0.1, 0.15) is 23.2 Å². The molecule has 22 heavy (non-hydrogen) atoms. The Hall–Kier alpha value is -1.08. The van der Waals surface area contributed by atoms with E-state index in [-0.39, 0.29) is 0 Å². The van der Waals surface area contributed by atoms with Crippen LogP contribution in [0.25, 0.3) is 0 Å². The minimum Gasteiger partial charge on any atom is -0.497 e. The molecular weight excluding hydrogens is 412 g/mol. The molecule has 2 unspecified atom stereocenters. The molecule has 2 aromatic rings. The van der Waals surface area contributed by atoms with Gasteiger partial charge in [-0.1, -0.05) is 31.9 Å². The minimum absolute atomic E-state index is 0.395. The SMILES string of the molecule is COc1ccc(Br)c(C(N)C(N)c2cc(OC)ccc2Br)c1. The molecule has 2 atom stereocenters. The maximum Gasteiger partial charge on any atom is 0.119 e. The lowest BCUT2D eigenvalue weighted by Gasteiger charge is -2.23. The first-order chi connectivity index (χ1) is 10.5. The van der Waals surface area contributed by atoms with E-state index in [0.29, 0.717) is 0 Å². The van der Waals surface area contributed by atoms with E-state index in [1.54, 1.807) is 14.2 Å². The number of nitrogens with two attached hydrogens (primary N) is 2. The fourth-order valence-corrected chi connectivity index (χ4v) is 3.22. The second-order valence-electron chi connectivity index (χ2n) is 4.83. The lowest BCUT2D eigenvalue weighted by atomic mass is 9.94. The van der Waals surface area contributed by atoms with Crippen molar-refractivity contribution in [2.75, 3.05) is 14.2 Å². The summed E-state index contributed by atoms with van der Waals surface area (Å²) in [6.07, 6.45) is 0. The van der Waals surface area contributed by atoms with E-state index in [9.17, 15) is 0 Å². The molecule has 0 aliphatic rings. The Kier molecular flexibility index (Phi) is 5.86. The van der Waals surface area contributed by atoms with Gasteiger partial charge in [0.05, 0.1) is 26.3 Å². The van der Waals surface area contributed by atoms with Crippen LogP contribution in [0.4, 0.5) is 0 Å². The molecule has 0 bridgehead atoms. The van der Waals surface area contributed by atoms with Crippen LogP contribution < -0.4 is 20.9 Å². The highest BCUT2D eigenvalue weighted by molar-refractivity contribution is 9.10. The van der Waals surface area contributed by atoms with Crippen molar-refractivity contribution in [2.24, 2.45) is 11.5 Å². The number of hydrogen-bond donors (Lipinski definition) is 2. The second-order valence-corrected chi connectivity index (χ2v) is 6.54. The molecule has 4 nitrogen and oxygen atoms in total. The Labute approximate surface area is 147 Å². The van der Waals surface area contributed by atoms with Crippen LogP contribution in [-0.2, 0) is 0 Å². The molecule has 4 N–H and O–H groups in total. The number of methoxy groups -OCH3 is 2. The van der Waals surface area contributed by atoms with Crippen LogP contribution in [0.15, 0.2) is 45.3 Å². The highest BCUT2D eigenvalue weighted by Gasteiger charge is 2.22. The van der Waals surface area contributed by atoms with Gasteiger partial charge in [0.2, 0.25) is 0 Å². The molecule has 0 saturated carbocycles. The predicted molar refractivity (Wildman–Crippen MR) is 95.2 cm³/mol. The Balaban J connectivity index is 2.38. The molecule has 0 spiro atoms. The first-order valence-corrected chi connectivity index (χ1v) is 8.24. The first-order valence-electron chi connectivity index (χ1n) is 6.66. The van der Waals surface area contributed by atoms with E-state index in [0.717, 1.165) is 31.6 Å². The number of halogens is 2. The average Bonchev–Trinajstić information content (AvgIpc) is 2.54. The molecule has 6 heteroatoms. The van der Waals surface area contributed by atoms with Crippen molar-refractivity contribution < 1.29 is 9.47 Å². The van der Waals surface area contributed by atoms with Gasteiger partial charge in [-0.25, -0.2) is 0 Å². The van der Waals surface area contributed by atoms with Crippen LogP contribution in [0.3, 0.4) is 0 Å². The van der Waals surface area contributed by atoms with Crippen molar-refractivity contribution in [3.63, 3.8) is 0 Å². The normalized spacial score (nSPS) is 13.5. The number of ether oxygens (including phenoxy) is 2. The Bertz CT molecular complexity index is 607. The van der Waals surface area contributed by atoms with Gasteiger partial charge in [-0.15, -0.1) is 0 Å². The summed E-state index contributed by atoms with van der Waals surface area (Å²) < 4.78 is 12.3. The van der Waals surface area contributed by atoms with Crippen molar-refractivity contribution >= 4 is 31.9 Å². The minimum atomic E-state index is -0.395. The van der Waals surface area contributed by atoms with Gasteiger partial charge in [-0.3, -0.25) is 0 Å². The van der Waals surface area contributed by atoms with Crippen molar-refractivity contribution in [2.45, 2.75) is 12.1 Å². The van der Waals surface area contributed by atoms with Crippen LogP contribution in [-0.4, -0.2) is 14.2 Å².